The van der Waals surface area contributed by atoms with Crippen LogP contribution in [0, 0.1) is 6.92 Å². The molecule has 102 valence electrons. The van der Waals surface area contributed by atoms with E-state index in [0.29, 0.717) is 12.5 Å². The number of hydrogen-bond donors (Lipinski definition) is 1. The molecule has 0 aliphatic heterocycles. The number of aromatic nitrogens is 2. The molecule has 0 aliphatic rings. The van der Waals surface area contributed by atoms with Gasteiger partial charge in [0.05, 0.1) is 5.69 Å². The second kappa shape index (κ2) is 6.02. The number of nitrogens with zero attached hydrogens (tertiary/aromatic N) is 2. The Hall–Kier alpha value is -1.61. The van der Waals surface area contributed by atoms with Crippen LogP contribution >= 0.6 is 0 Å². The maximum Gasteiger partial charge on any atom is 0.0624 e. The van der Waals surface area contributed by atoms with Crippen LogP contribution in [0.5, 0.6) is 0 Å². The summed E-state index contributed by atoms with van der Waals surface area (Å²) in [5, 5.41) is 4.50. The fourth-order valence-corrected chi connectivity index (χ4v) is 2.36. The van der Waals surface area contributed by atoms with Crippen LogP contribution in [0.4, 0.5) is 0 Å². The first-order valence-electron chi connectivity index (χ1n) is 6.92. The van der Waals surface area contributed by atoms with Crippen LogP contribution in [0.2, 0.25) is 0 Å². The lowest BCUT2D eigenvalue weighted by Gasteiger charge is -2.15. The predicted octanol–water partition coefficient (Wildman–Crippen LogP) is 2.58. The summed E-state index contributed by atoms with van der Waals surface area (Å²) in [5.74, 6) is 0.362. The summed E-state index contributed by atoms with van der Waals surface area (Å²) < 4.78 is 1.98. The lowest BCUT2D eigenvalue weighted by Crippen LogP contribution is -2.16. The normalized spacial score (nSPS) is 12.6. The quantitative estimate of drug-likeness (QED) is 0.894. The third-order valence-corrected chi connectivity index (χ3v) is 3.68. The van der Waals surface area contributed by atoms with Crippen molar-refractivity contribution in [2.24, 2.45) is 12.8 Å². The molecular formula is C16H23N3. The van der Waals surface area contributed by atoms with Gasteiger partial charge in [-0.25, -0.2) is 0 Å². The SMILES string of the molecule is CCc1cc(CC(CN)c2ccc(C)cc2)n(C)n1. The Balaban J connectivity index is 2.18. The van der Waals surface area contributed by atoms with E-state index in [1.165, 1.54) is 16.8 Å². The average Bonchev–Trinajstić information content (AvgIpc) is 2.78. The molecule has 0 saturated carbocycles. The molecule has 3 heteroatoms. The number of aryl methyl sites for hydroxylation is 3. The Kier molecular flexibility index (Phi) is 4.38. The monoisotopic (exact) mass is 257 g/mol. The van der Waals surface area contributed by atoms with Gasteiger partial charge in [0.15, 0.2) is 0 Å². The summed E-state index contributed by atoms with van der Waals surface area (Å²) in [6.45, 7) is 4.90. The van der Waals surface area contributed by atoms with E-state index in [4.69, 9.17) is 5.73 Å². The third-order valence-electron chi connectivity index (χ3n) is 3.68. The van der Waals surface area contributed by atoms with E-state index in [-0.39, 0.29) is 0 Å². The second-order valence-corrected chi connectivity index (χ2v) is 5.15. The summed E-state index contributed by atoms with van der Waals surface area (Å²) >= 11 is 0. The van der Waals surface area contributed by atoms with Gasteiger partial charge in [0.1, 0.15) is 0 Å². The van der Waals surface area contributed by atoms with Crippen molar-refractivity contribution in [2.45, 2.75) is 32.6 Å². The van der Waals surface area contributed by atoms with Gasteiger partial charge in [-0.2, -0.15) is 5.10 Å². The maximum absolute atomic E-state index is 5.95. The molecule has 2 N–H and O–H groups in total. The first-order valence-corrected chi connectivity index (χ1v) is 6.92. The van der Waals surface area contributed by atoms with Crippen molar-refractivity contribution in [1.82, 2.24) is 9.78 Å². The van der Waals surface area contributed by atoms with Crippen LogP contribution in [0.3, 0.4) is 0 Å². The van der Waals surface area contributed by atoms with E-state index in [2.05, 4.69) is 49.3 Å². The Bertz CT molecular complexity index is 525. The standard InChI is InChI=1S/C16H23N3/c1-4-15-10-16(19(3)18-15)9-14(11-17)13-7-5-12(2)6-8-13/h5-8,10,14H,4,9,11,17H2,1-3H3. The first kappa shape index (κ1) is 13.8. The van der Waals surface area contributed by atoms with Crippen LogP contribution in [-0.4, -0.2) is 16.3 Å². The number of rotatable bonds is 5. The molecule has 1 atom stereocenters. The number of nitrogens with two attached hydrogens (primary N) is 1. The molecule has 1 aromatic heterocycles. The lowest BCUT2D eigenvalue weighted by atomic mass is 9.93. The van der Waals surface area contributed by atoms with E-state index in [1.54, 1.807) is 0 Å². The molecule has 0 fully saturated rings. The van der Waals surface area contributed by atoms with E-state index in [1.807, 2.05) is 11.7 Å². The summed E-state index contributed by atoms with van der Waals surface area (Å²) in [5.41, 5.74) is 11.0. The Morgan fingerprint density at radius 3 is 2.47 bits per heavy atom. The van der Waals surface area contributed by atoms with Gasteiger partial charge in [-0.15, -0.1) is 0 Å². The molecule has 0 spiro atoms. The highest BCUT2D eigenvalue weighted by Gasteiger charge is 2.13. The zero-order valence-electron chi connectivity index (χ0n) is 12.1. The Labute approximate surface area is 115 Å². The van der Waals surface area contributed by atoms with Crippen molar-refractivity contribution in [2.75, 3.05) is 6.54 Å². The molecule has 2 aromatic rings. The van der Waals surface area contributed by atoms with Crippen molar-refractivity contribution in [3.63, 3.8) is 0 Å². The van der Waals surface area contributed by atoms with Gasteiger partial charge in [0.25, 0.3) is 0 Å². The number of hydrogen-bond acceptors (Lipinski definition) is 2. The van der Waals surface area contributed by atoms with Gasteiger partial charge in [0.2, 0.25) is 0 Å². The van der Waals surface area contributed by atoms with Crippen LogP contribution in [0.1, 0.15) is 35.4 Å². The fourth-order valence-electron chi connectivity index (χ4n) is 2.36. The predicted molar refractivity (Wildman–Crippen MR) is 79.3 cm³/mol. The molecule has 1 unspecified atom stereocenters. The molecule has 0 aliphatic carbocycles. The fraction of sp³-hybridized carbons (Fsp3) is 0.438. The second-order valence-electron chi connectivity index (χ2n) is 5.15. The minimum atomic E-state index is 0.362. The highest BCUT2D eigenvalue weighted by Crippen LogP contribution is 2.21. The molecule has 1 aromatic carbocycles. The molecule has 0 radical (unpaired) electrons. The zero-order chi connectivity index (χ0) is 13.8. The van der Waals surface area contributed by atoms with Crippen LogP contribution in [-0.2, 0) is 19.9 Å². The van der Waals surface area contributed by atoms with Crippen molar-refractivity contribution in [3.05, 3.63) is 52.8 Å². The molecular weight excluding hydrogens is 234 g/mol. The molecule has 0 amide bonds. The highest BCUT2D eigenvalue weighted by molar-refractivity contribution is 5.26. The van der Waals surface area contributed by atoms with Crippen molar-refractivity contribution in [3.8, 4) is 0 Å². The molecule has 0 bridgehead atoms. The van der Waals surface area contributed by atoms with E-state index in [0.717, 1.165) is 18.5 Å². The van der Waals surface area contributed by atoms with Crippen molar-refractivity contribution in [1.29, 1.82) is 0 Å². The minimum absolute atomic E-state index is 0.362. The van der Waals surface area contributed by atoms with Gasteiger partial charge in [0, 0.05) is 18.7 Å². The summed E-state index contributed by atoms with van der Waals surface area (Å²) in [6.07, 6.45) is 1.93. The topological polar surface area (TPSA) is 43.8 Å². The Morgan fingerprint density at radius 2 is 1.95 bits per heavy atom. The first-order chi connectivity index (χ1) is 9.13. The van der Waals surface area contributed by atoms with E-state index in [9.17, 15) is 0 Å². The average molecular weight is 257 g/mol. The highest BCUT2D eigenvalue weighted by atomic mass is 15.3. The van der Waals surface area contributed by atoms with Gasteiger partial charge in [-0.3, -0.25) is 4.68 Å². The van der Waals surface area contributed by atoms with Crippen LogP contribution < -0.4 is 5.73 Å². The molecule has 1 heterocycles. The molecule has 19 heavy (non-hydrogen) atoms. The van der Waals surface area contributed by atoms with Crippen molar-refractivity contribution < 1.29 is 0 Å². The molecule has 3 nitrogen and oxygen atoms in total. The smallest absolute Gasteiger partial charge is 0.0624 e. The van der Waals surface area contributed by atoms with Gasteiger partial charge >= 0.3 is 0 Å². The van der Waals surface area contributed by atoms with E-state index < -0.39 is 0 Å². The molecule has 2 rings (SSSR count). The van der Waals surface area contributed by atoms with Gasteiger partial charge < -0.3 is 5.73 Å². The van der Waals surface area contributed by atoms with E-state index >= 15 is 0 Å². The third kappa shape index (κ3) is 3.24. The van der Waals surface area contributed by atoms with Crippen molar-refractivity contribution >= 4 is 0 Å². The number of benzene rings is 1. The Morgan fingerprint density at radius 1 is 1.26 bits per heavy atom. The van der Waals surface area contributed by atoms with Crippen LogP contribution in [0.25, 0.3) is 0 Å². The zero-order valence-corrected chi connectivity index (χ0v) is 12.1. The summed E-state index contributed by atoms with van der Waals surface area (Å²) in [7, 11) is 2.01. The largest absolute Gasteiger partial charge is 0.330 e. The summed E-state index contributed by atoms with van der Waals surface area (Å²) in [6, 6.07) is 10.9. The minimum Gasteiger partial charge on any atom is -0.330 e. The summed E-state index contributed by atoms with van der Waals surface area (Å²) in [4.78, 5) is 0. The van der Waals surface area contributed by atoms with Gasteiger partial charge in [-0.05, 0) is 37.9 Å². The van der Waals surface area contributed by atoms with Gasteiger partial charge in [-0.1, -0.05) is 36.8 Å². The maximum atomic E-state index is 5.95. The molecule has 0 saturated heterocycles. The lowest BCUT2D eigenvalue weighted by molar-refractivity contribution is 0.628. The van der Waals surface area contributed by atoms with Crippen LogP contribution in [0.15, 0.2) is 30.3 Å².